The van der Waals surface area contributed by atoms with Crippen LogP contribution in [0.15, 0.2) is 30.3 Å². The minimum Gasteiger partial charge on any atom is -0.480 e. The van der Waals surface area contributed by atoms with Crippen LogP contribution in [0.1, 0.15) is 26.3 Å². The molecule has 19 heavy (non-hydrogen) atoms. The van der Waals surface area contributed by atoms with Crippen molar-refractivity contribution in [2.75, 3.05) is 0 Å². The van der Waals surface area contributed by atoms with Crippen molar-refractivity contribution in [2.24, 2.45) is 10.8 Å². The summed E-state index contributed by atoms with van der Waals surface area (Å²) < 4.78 is 0. The zero-order valence-corrected chi connectivity index (χ0v) is 10.8. The molecular formula is C14H20MgO4. The molecule has 0 spiro atoms. The van der Waals surface area contributed by atoms with Crippen LogP contribution in [0.5, 0.6) is 0 Å². The first-order valence-electron chi connectivity index (χ1n) is 5.72. The lowest BCUT2D eigenvalue weighted by Crippen LogP contribution is -2.51. The molecule has 1 aromatic carbocycles. The van der Waals surface area contributed by atoms with E-state index in [1.807, 2.05) is 6.07 Å². The van der Waals surface area contributed by atoms with Crippen LogP contribution in [0.3, 0.4) is 0 Å². The Morgan fingerprint density at radius 3 is 1.74 bits per heavy atom. The van der Waals surface area contributed by atoms with E-state index in [2.05, 4.69) is 0 Å². The molecule has 0 aliphatic carbocycles. The third-order valence-electron chi connectivity index (χ3n) is 3.32. The van der Waals surface area contributed by atoms with Crippen molar-refractivity contribution in [1.82, 2.24) is 0 Å². The third kappa shape index (κ3) is 3.48. The van der Waals surface area contributed by atoms with Crippen molar-refractivity contribution in [3.8, 4) is 0 Å². The van der Waals surface area contributed by atoms with Gasteiger partial charge >= 0.3 is 35.0 Å². The zero-order chi connectivity index (χ0) is 14.0. The van der Waals surface area contributed by atoms with Crippen molar-refractivity contribution in [2.45, 2.75) is 27.2 Å². The number of carbonyl (C=O) groups is 2. The van der Waals surface area contributed by atoms with Crippen molar-refractivity contribution >= 4 is 35.0 Å². The molecule has 0 aliphatic rings. The van der Waals surface area contributed by atoms with Crippen molar-refractivity contribution in [3.63, 3.8) is 0 Å². The van der Waals surface area contributed by atoms with Crippen LogP contribution < -0.4 is 0 Å². The third-order valence-corrected chi connectivity index (χ3v) is 3.32. The molecule has 0 unspecified atom stereocenters. The number of hydrogen-bond donors (Lipinski definition) is 2. The molecule has 2 N–H and O–H groups in total. The Morgan fingerprint density at radius 1 is 1.00 bits per heavy atom. The van der Waals surface area contributed by atoms with Gasteiger partial charge in [-0.2, -0.15) is 0 Å². The molecule has 0 aliphatic heterocycles. The summed E-state index contributed by atoms with van der Waals surface area (Å²) in [6.45, 7) is 4.91. The van der Waals surface area contributed by atoms with Crippen molar-refractivity contribution in [3.05, 3.63) is 35.9 Å². The molecule has 0 aromatic heterocycles. The maximum Gasteiger partial charge on any atom is 0.321 e. The second-order valence-electron chi connectivity index (χ2n) is 5.43. The maximum atomic E-state index is 11.5. The summed E-state index contributed by atoms with van der Waals surface area (Å²) in [6, 6.07) is 8.83. The first kappa shape index (κ1) is 17.9. The van der Waals surface area contributed by atoms with E-state index in [1.165, 1.54) is 0 Å². The Balaban J connectivity index is 0.00000324. The smallest absolute Gasteiger partial charge is 0.321 e. The van der Waals surface area contributed by atoms with E-state index in [0.717, 1.165) is 0 Å². The second-order valence-corrected chi connectivity index (χ2v) is 5.43. The Kier molecular flexibility index (Phi) is 6.03. The maximum absolute atomic E-state index is 11.5. The molecule has 0 amide bonds. The fourth-order valence-corrected chi connectivity index (χ4v) is 2.05. The quantitative estimate of drug-likeness (QED) is 0.646. The molecule has 5 heteroatoms. The van der Waals surface area contributed by atoms with Gasteiger partial charge in [0, 0.05) is 0 Å². The molecule has 0 atom stereocenters. The van der Waals surface area contributed by atoms with E-state index >= 15 is 0 Å². The van der Waals surface area contributed by atoms with E-state index in [0.29, 0.717) is 5.56 Å². The van der Waals surface area contributed by atoms with E-state index in [9.17, 15) is 19.8 Å². The fraction of sp³-hybridized carbons (Fsp3) is 0.429. The van der Waals surface area contributed by atoms with Gasteiger partial charge in [0.2, 0.25) is 0 Å². The fourth-order valence-electron chi connectivity index (χ4n) is 2.05. The monoisotopic (exact) mass is 276 g/mol. The molecule has 102 valence electrons. The first-order chi connectivity index (χ1) is 8.22. The number of benzene rings is 1. The average molecular weight is 277 g/mol. The highest BCUT2D eigenvalue weighted by Gasteiger charge is 2.55. The molecular weight excluding hydrogens is 256 g/mol. The summed E-state index contributed by atoms with van der Waals surface area (Å²) in [5, 5.41) is 18.8. The van der Waals surface area contributed by atoms with Crippen LogP contribution in [0.25, 0.3) is 0 Å². The predicted molar refractivity (Wildman–Crippen MR) is 75.8 cm³/mol. The summed E-state index contributed by atoms with van der Waals surface area (Å²) in [6.07, 6.45) is -0.0258. The highest BCUT2D eigenvalue weighted by Crippen LogP contribution is 2.42. The van der Waals surface area contributed by atoms with Crippen LogP contribution in [0, 0.1) is 10.8 Å². The van der Waals surface area contributed by atoms with Crippen LogP contribution in [-0.4, -0.2) is 45.2 Å². The Morgan fingerprint density at radius 2 is 1.42 bits per heavy atom. The topological polar surface area (TPSA) is 74.6 Å². The van der Waals surface area contributed by atoms with E-state index < -0.39 is 22.8 Å². The number of rotatable bonds is 4. The molecule has 4 nitrogen and oxygen atoms in total. The Hall–Kier alpha value is -1.07. The predicted octanol–water partition coefficient (Wildman–Crippen LogP) is 1.51. The summed E-state index contributed by atoms with van der Waals surface area (Å²) in [7, 11) is 0. The Labute approximate surface area is 129 Å². The van der Waals surface area contributed by atoms with Gasteiger partial charge in [-0.1, -0.05) is 51.1 Å². The average Bonchev–Trinajstić information content (AvgIpc) is 2.24. The summed E-state index contributed by atoms with van der Waals surface area (Å²) in [5.74, 6) is -2.60. The molecule has 0 bridgehead atoms. The summed E-state index contributed by atoms with van der Waals surface area (Å²) >= 11 is 0. The van der Waals surface area contributed by atoms with Gasteiger partial charge in [-0.05, 0) is 17.4 Å². The van der Waals surface area contributed by atoms with Gasteiger partial charge < -0.3 is 10.2 Å². The minimum atomic E-state index is -1.83. The molecule has 0 saturated heterocycles. The van der Waals surface area contributed by atoms with Gasteiger partial charge in [0.25, 0.3) is 0 Å². The van der Waals surface area contributed by atoms with Crippen LogP contribution in [-0.2, 0) is 16.0 Å². The highest BCUT2D eigenvalue weighted by molar-refractivity contribution is 5.99. The molecule has 0 saturated carbocycles. The van der Waals surface area contributed by atoms with E-state index in [-0.39, 0.29) is 29.5 Å². The summed E-state index contributed by atoms with van der Waals surface area (Å²) in [5.41, 5.74) is -2.01. The first-order valence-corrected chi connectivity index (χ1v) is 5.72. The highest BCUT2D eigenvalue weighted by atomic mass is 24.3. The van der Waals surface area contributed by atoms with Gasteiger partial charge in [-0.15, -0.1) is 0 Å². The van der Waals surface area contributed by atoms with Crippen LogP contribution in [0.4, 0.5) is 0 Å². The molecule has 0 heterocycles. The number of carboxylic acid groups (broad SMARTS) is 2. The second kappa shape index (κ2) is 6.39. The van der Waals surface area contributed by atoms with Crippen LogP contribution >= 0.6 is 0 Å². The van der Waals surface area contributed by atoms with Gasteiger partial charge in [0.05, 0.1) is 0 Å². The summed E-state index contributed by atoms with van der Waals surface area (Å²) in [4.78, 5) is 23.1. The van der Waals surface area contributed by atoms with Gasteiger partial charge in [0.1, 0.15) is 0 Å². The standard InChI is InChI=1S/C14H18O4.Mg.2H/c1-13(2,3)14(11(15)16,12(17)18)9-10-7-5-4-6-8-10;;;/h4-8H,9H2,1-3H3,(H,15,16)(H,17,18);;;. The van der Waals surface area contributed by atoms with Crippen molar-refractivity contribution < 1.29 is 19.8 Å². The molecule has 0 fully saturated rings. The van der Waals surface area contributed by atoms with Gasteiger partial charge in [0.15, 0.2) is 5.41 Å². The SMILES string of the molecule is CC(C)(C)C(Cc1ccccc1)(C(=O)O)C(=O)O.[MgH2]. The number of aliphatic carboxylic acids is 2. The van der Waals surface area contributed by atoms with Crippen LogP contribution in [0.2, 0.25) is 0 Å². The lowest BCUT2D eigenvalue weighted by Gasteiger charge is -2.37. The largest absolute Gasteiger partial charge is 0.480 e. The van der Waals surface area contributed by atoms with E-state index in [4.69, 9.17) is 0 Å². The number of hydrogen-bond acceptors (Lipinski definition) is 2. The zero-order valence-electron chi connectivity index (χ0n) is 10.8. The lowest BCUT2D eigenvalue weighted by atomic mass is 9.63. The van der Waals surface area contributed by atoms with Gasteiger partial charge in [-0.25, -0.2) is 0 Å². The normalized spacial score (nSPS) is 11.5. The van der Waals surface area contributed by atoms with Crippen molar-refractivity contribution in [1.29, 1.82) is 0 Å². The lowest BCUT2D eigenvalue weighted by molar-refractivity contribution is -0.173. The molecule has 1 rings (SSSR count). The minimum absolute atomic E-state index is 0. The number of carboxylic acids is 2. The van der Waals surface area contributed by atoms with E-state index in [1.54, 1.807) is 45.0 Å². The molecule has 1 aromatic rings. The Bertz CT molecular complexity index is 434. The van der Waals surface area contributed by atoms with Gasteiger partial charge in [-0.3, -0.25) is 9.59 Å². The molecule has 0 radical (unpaired) electrons.